The number of rotatable bonds is 17. The average Bonchev–Trinajstić information content (AvgIpc) is 1.55. The van der Waals surface area contributed by atoms with Crippen molar-refractivity contribution < 1.29 is 18.3 Å². The molecule has 0 radical (unpaired) electrons. The van der Waals surface area contributed by atoms with Gasteiger partial charge in [0.25, 0.3) is 0 Å². The van der Waals surface area contributed by atoms with Gasteiger partial charge in [-0.15, -0.1) is 0 Å². The number of anilines is 6. The Morgan fingerprint density at radius 3 is 0.965 bits per heavy atom. The Kier molecular flexibility index (Phi) is 13.9. The third-order valence-electron chi connectivity index (χ3n) is 17.1. The second-order valence-electron chi connectivity index (χ2n) is 21.7. The Labute approximate surface area is 501 Å². The van der Waals surface area contributed by atoms with E-state index in [1.807, 2.05) is 60.7 Å². The Hall–Kier alpha value is -10.8. The van der Waals surface area contributed by atoms with Crippen LogP contribution < -0.4 is 19.3 Å². The molecule has 0 aliphatic heterocycles. The van der Waals surface area contributed by atoms with Crippen LogP contribution in [0, 0.1) is 11.6 Å². The Bertz CT molecular complexity index is 4150. The van der Waals surface area contributed by atoms with E-state index in [9.17, 15) is 8.78 Å². The summed E-state index contributed by atoms with van der Waals surface area (Å²) < 4.78 is 41.8. The van der Waals surface area contributed by atoms with Crippen LogP contribution in [-0.4, -0.2) is 13.2 Å². The maximum absolute atomic E-state index is 14.9. The van der Waals surface area contributed by atoms with Crippen molar-refractivity contribution in [1.82, 2.24) is 0 Å². The minimum absolute atomic E-state index is 0.287. The van der Waals surface area contributed by atoms with Gasteiger partial charge in [-0.2, -0.15) is 0 Å². The molecule has 86 heavy (non-hydrogen) atoms. The number of hydrogen-bond donors (Lipinski definition) is 0. The highest BCUT2D eigenvalue weighted by Gasteiger charge is 2.48. The summed E-state index contributed by atoms with van der Waals surface area (Å²) in [5.74, 6) is 0.917. The van der Waals surface area contributed by atoms with Crippen LogP contribution in [0.4, 0.5) is 42.9 Å². The molecule has 12 aromatic carbocycles. The van der Waals surface area contributed by atoms with Crippen molar-refractivity contribution in [2.45, 2.75) is 10.8 Å². The number of para-hydroxylation sites is 2. The zero-order chi connectivity index (χ0) is 58.2. The molecule has 0 spiro atoms. The van der Waals surface area contributed by atoms with Crippen molar-refractivity contribution >= 4 is 34.1 Å². The maximum atomic E-state index is 14.9. The third-order valence-corrected chi connectivity index (χ3v) is 17.1. The fourth-order valence-corrected chi connectivity index (χ4v) is 13.4. The zero-order valence-electron chi connectivity index (χ0n) is 47.2. The van der Waals surface area contributed by atoms with Gasteiger partial charge in [0.2, 0.25) is 0 Å². The molecule has 2 atom stereocenters. The van der Waals surface area contributed by atoms with Crippen molar-refractivity contribution in [3.05, 3.63) is 373 Å². The summed E-state index contributed by atoms with van der Waals surface area (Å²) in [6, 6.07) is 99.7. The third kappa shape index (κ3) is 9.06. The van der Waals surface area contributed by atoms with E-state index in [1.165, 1.54) is 0 Å². The highest BCUT2D eigenvalue weighted by atomic mass is 19.1. The van der Waals surface area contributed by atoms with Crippen LogP contribution in [0.25, 0.3) is 33.4 Å². The molecule has 0 heterocycles. The number of fused-ring (bicyclic) bond motifs is 6. The minimum Gasteiger partial charge on any atom is -0.490 e. The lowest BCUT2D eigenvalue weighted by Crippen LogP contribution is -2.29. The van der Waals surface area contributed by atoms with Gasteiger partial charge in [0, 0.05) is 34.1 Å². The highest BCUT2D eigenvalue weighted by molar-refractivity contribution is 5.92. The van der Waals surface area contributed by atoms with Gasteiger partial charge in [0.1, 0.15) is 36.3 Å². The fourth-order valence-electron chi connectivity index (χ4n) is 13.4. The van der Waals surface area contributed by atoms with Crippen LogP contribution in [0.5, 0.6) is 11.5 Å². The molecule has 0 saturated heterocycles. The summed E-state index contributed by atoms with van der Waals surface area (Å²) in [6.45, 7) is 8.47. The van der Waals surface area contributed by atoms with Crippen molar-refractivity contribution in [2.24, 2.45) is 0 Å². The summed E-state index contributed by atoms with van der Waals surface area (Å²) in [6.07, 6.45) is 3.48. The normalized spacial score (nSPS) is 15.1. The molecule has 2 aliphatic carbocycles. The van der Waals surface area contributed by atoms with Crippen molar-refractivity contribution in [1.29, 1.82) is 0 Å². The first-order valence-corrected chi connectivity index (χ1v) is 29.0. The van der Waals surface area contributed by atoms with Crippen LogP contribution >= 0.6 is 0 Å². The zero-order valence-corrected chi connectivity index (χ0v) is 47.2. The van der Waals surface area contributed by atoms with Gasteiger partial charge in [0.05, 0.1) is 10.8 Å². The van der Waals surface area contributed by atoms with Crippen LogP contribution in [0.2, 0.25) is 0 Å². The molecule has 12 aromatic rings. The number of ether oxygens (including phenoxy) is 2. The molecule has 0 N–H and O–H groups in total. The first-order valence-electron chi connectivity index (χ1n) is 29.0. The quantitative estimate of drug-likeness (QED) is 0.0849. The van der Waals surface area contributed by atoms with E-state index >= 15 is 0 Å². The van der Waals surface area contributed by atoms with Gasteiger partial charge < -0.3 is 19.3 Å². The second-order valence-corrected chi connectivity index (χ2v) is 21.7. The molecule has 0 aromatic heterocycles. The lowest BCUT2D eigenvalue weighted by molar-refractivity contribution is 0.363. The maximum Gasteiger partial charge on any atom is 0.123 e. The molecule has 0 fully saturated rings. The van der Waals surface area contributed by atoms with Crippen LogP contribution in [-0.2, 0) is 10.8 Å². The topological polar surface area (TPSA) is 24.9 Å². The predicted octanol–water partition coefficient (Wildman–Crippen LogP) is 20.4. The molecule has 2 unspecified atom stereocenters. The number of halogens is 2. The fraction of sp³-hybridized carbons (Fsp3) is 0.0500. The molecule has 2 aliphatic rings. The van der Waals surface area contributed by atoms with Crippen molar-refractivity contribution in [3.8, 4) is 44.9 Å². The van der Waals surface area contributed by atoms with Crippen LogP contribution in [0.3, 0.4) is 0 Å². The van der Waals surface area contributed by atoms with E-state index in [2.05, 4.69) is 229 Å². The molecule has 414 valence electrons. The van der Waals surface area contributed by atoms with E-state index in [1.54, 1.807) is 36.4 Å². The Balaban J connectivity index is 0.841. The SMILES string of the molecule is C=CCOc1ccc(C2(c3ccc(F)cc3)c3ccccc3-c3ccc(N(c4ccccc4)c4ccc(-c5ccc(N(c6ccccc6)c6ccc7c(c6)C(c6ccc(F)cc6)(c6ccc(OCC=C)cc6)c6ccccc6-7)cc5)cc4)cc32)cc1. The largest absolute Gasteiger partial charge is 0.490 e. The minimum atomic E-state index is -0.781. The van der Waals surface area contributed by atoms with Gasteiger partial charge in [0.15, 0.2) is 0 Å². The summed E-state index contributed by atoms with van der Waals surface area (Å²) in [5, 5.41) is 0. The predicted molar refractivity (Wildman–Crippen MR) is 347 cm³/mol. The van der Waals surface area contributed by atoms with E-state index in [4.69, 9.17) is 9.47 Å². The lowest BCUT2D eigenvalue weighted by atomic mass is 9.67. The van der Waals surface area contributed by atoms with Crippen LogP contribution in [0.1, 0.15) is 44.5 Å². The molecular formula is C80H58F2N2O2. The Morgan fingerprint density at radius 1 is 0.302 bits per heavy atom. The van der Waals surface area contributed by atoms with Crippen LogP contribution in [0.15, 0.2) is 316 Å². The van der Waals surface area contributed by atoms with Gasteiger partial charge in [-0.25, -0.2) is 8.78 Å². The summed E-state index contributed by atoms with van der Waals surface area (Å²) in [4.78, 5) is 4.62. The molecule has 6 heteroatoms. The smallest absolute Gasteiger partial charge is 0.123 e. The van der Waals surface area contributed by atoms with E-state index < -0.39 is 10.8 Å². The number of benzene rings is 12. The van der Waals surface area contributed by atoms with Gasteiger partial charge in [-0.1, -0.05) is 195 Å². The summed E-state index contributed by atoms with van der Waals surface area (Å²) in [5.41, 5.74) is 19.5. The van der Waals surface area contributed by atoms with Gasteiger partial charge in [-0.3, -0.25) is 0 Å². The molecule has 4 nitrogen and oxygen atoms in total. The van der Waals surface area contributed by atoms with Crippen molar-refractivity contribution in [2.75, 3.05) is 23.0 Å². The average molecular weight is 1120 g/mol. The summed E-state index contributed by atoms with van der Waals surface area (Å²) >= 11 is 0. The van der Waals surface area contributed by atoms with Gasteiger partial charge >= 0.3 is 0 Å². The molecule has 0 saturated carbocycles. The lowest BCUT2D eigenvalue weighted by Gasteiger charge is -2.35. The van der Waals surface area contributed by atoms with E-state index in [0.717, 1.165) is 124 Å². The second kappa shape index (κ2) is 22.4. The molecule has 0 bridgehead atoms. The van der Waals surface area contributed by atoms with Crippen molar-refractivity contribution in [3.63, 3.8) is 0 Å². The summed E-state index contributed by atoms with van der Waals surface area (Å²) in [7, 11) is 0. The number of hydrogen-bond acceptors (Lipinski definition) is 4. The van der Waals surface area contributed by atoms with E-state index in [0.29, 0.717) is 13.2 Å². The first kappa shape index (κ1) is 53.2. The molecule has 14 rings (SSSR count). The van der Waals surface area contributed by atoms with Gasteiger partial charge in [-0.05, 0) is 199 Å². The molecule has 0 amide bonds. The monoisotopic (exact) mass is 1120 g/mol. The van der Waals surface area contributed by atoms with E-state index in [-0.39, 0.29) is 11.6 Å². The number of nitrogens with zero attached hydrogens (tertiary/aromatic N) is 2. The highest BCUT2D eigenvalue weighted by Crippen LogP contribution is 2.59. The first-order chi connectivity index (χ1) is 42.4. The molecular weight excluding hydrogens is 1060 g/mol. The Morgan fingerprint density at radius 2 is 0.605 bits per heavy atom. The standard InChI is InChI=1S/C80H58F2N2O2/c1-3-51-85-69-45-31-59(32-46-69)79(57-27-35-61(81)36-28-57)75-21-13-11-19-71(75)73-49-43-67(53-77(73)79)83(63-15-7-5-8-16-63)65-39-23-55(24-40-65)56-25-41-66(42-26-56)84(64-17-9-6-10-18-64)68-44-50-74-72-20-12-14-22-76(72)80(78(74)54-68,58-29-37-62(82)38-30-58)60-33-47-70(48-34-60)86-52-4-2/h3-50,53-54H,1-2,51-52H2.